The molecule has 17 heavy (non-hydrogen) atoms. The highest BCUT2D eigenvalue weighted by Crippen LogP contribution is 2.15. The quantitative estimate of drug-likeness (QED) is 0.875. The molecule has 0 spiro atoms. The Labute approximate surface area is 106 Å². The molecule has 0 unspecified atom stereocenters. The summed E-state index contributed by atoms with van der Waals surface area (Å²) in [5.74, 6) is 0.913. The molecule has 0 saturated carbocycles. The van der Waals surface area contributed by atoms with E-state index in [0.717, 1.165) is 18.8 Å². The molecular formula is C14H17NOS. The second-order valence-corrected chi connectivity index (χ2v) is 5.34. The van der Waals surface area contributed by atoms with Crippen molar-refractivity contribution in [3.8, 4) is 5.75 Å². The second kappa shape index (κ2) is 5.84. The molecule has 1 N–H and O–H groups in total. The molecule has 1 heterocycles. The highest BCUT2D eigenvalue weighted by molar-refractivity contribution is 7.11. The number of hydrogen-bond acceptors (Lipinski definition) is 3. The van der Waals surface area contributed by atoms with Gasteiger partial charge in [-0.05, 0) is 36.8 Å². The standard InChI is InChI=1S/C14H17NOS/c1-11-6-7-14(17-11)10-15-9-12-4-3-5-13(8-12)16-2/h3-8,15H,9-10H2,1-2H3. The van der Waals surface area contributed by atoms with Crippen LogP contribution in [0.25, 0.3) is 0 Å². The normalized spacial score (nSPS) is 10.5. The Kier molecular flexibility index (Phi) is 4.18. The zero-order valence-electron chi connectivity index (χ0n) is 10.2. The van der Waals surface area contributed by atoms with E-state index < -0.39 is 0 Å². The van der Waals surface area contributed by atoms with Gasteiger partial charge in [-0.3, -0.25) is 0 Å². The van der Waals surface area contributed by atoms with E-state index in [9.17, 15) is 0 Å². The molecular weight excluding hydrogens is 230 g/mol. The minimum atomic E-state index is 0.869. The van der Waals surface area contributed by atoms with Crippen molar-refractivity contribution in [3.05, 3.63) is 51.7 Å². The van der Waals surface area contributed by atoms with Gasteiger partial charge in [-0.1, -0.05) is 12.1 Å². The highest BCUT2D eigenvalue weighted by atomic mass is 32.1. The van der Waals surface area contributed by atoms with Gasteiger partial charge in [0.15, 0.2) is 0 Å². The third-order valence-corrected chi connectivity index (χ3v) is 3.56. The number of aryl methyl sites for hydroxylation is 1. The zero-order chi connectivity index (χ0) is 12.1. The van der Waals surface area contributed by atoms with Crippen LogP contribution in [-0.2, 0) is 13.1 Å². The summed E-state index contributed by atoms with van der Waals surface area (Å²) in [4.78, 5) is 2.74. The SMILES string of the molecule is COc1cccc(CNCc2ccc(C)s2)c1. The topological polar surface area (TPSA) is 21.3 Å². The molecule has 0 amide bonds. The van der Waals surface area contributed by atoms with E-state index in [1.54, 1.807) is 7.11 Å². The van der Waals surface area contributed by atoms with Crippen LogP contribution < -0.4 is 10.1 Å². The Balaban J connectivity index is 1.85. The number of nitrogens with one attached hydrogen (secondary N) is 1. The third-order valence-electron chi connectivity index (χ3n) is 2.56. The van der Waals surface area contributed by atoms with Crippen molar-refractivity contribution in [1.82, 2.24) is 5.32 Å². The van der Waals surface area contributed by atoms with Crippen LogP contribution in [0.3, 0.4) is 0 Å². The number of thiophene rings is 1. The van der Waals surface area contributed by atoms with Crippen LogP contribution >= 0.6 is 11.3 Å². The fourth-order valence-corrected chi connectivity index (χ4v) is 2.55. The number of hydrogen-bond donors (Lipinski definition) is 1. The first-order valence-corrected chi connectivity index (χ1v) is 6.48. The van der Waals surface area contributed by atoms with Crippen molar-refractivity contribution in [2.45, 2.75) is 20.0 Å². The largest absolute Gasteiger partial charge is 0.497 e. The molecule has 0 atom stereocenters. The Bertz CT molecular complexity index is 479. The molecule has 0 radical (unpaired) electrons. The predicted molar refractivity (Wildman–Crippen MR) is 72.6 cm³/mol. The van der Waals surface area contributed by atoms with Gasteiger partial charge in [0.2, 0.25) is 0 Å². The Morgan fingerprint density at radius 3 is 2.76 bits per heavy atom. The fraction of sp³-hybridized carbons (Fsp3) is 0.286. The van der Waals surface area contributed by atoms with E-state index in [1.165, 1.54) is 15.3 Å². The van der Waals surface area contributed by atoms with E-state index in [-0.39, 0.29) is 0 Å². The molecule has 2 nitrogen and oxygen atoms in total. The molecule has 0 saturated heterocycles. The molecule has 0 fully saturated rings. The number of ether oxygens (including phenoxy) is 1. The smallest absolute Gasteiger partial charge is 0.119 e. The molecule has 0 aliphatic carbocycles. The average Bonchev–Trinajstić information content (AvgIpc) is 2.75. The van der Waals surface area contributed by atoms with Crippen molar-refractivity contribution in [2.24, 2.45) is 0 Å². The van der Waals surface area contributed by atoms with Gasteiger partial charge < -0.3 is 10.1 Å². The summed E-state index contributed by atoms with van der Waals surface area (Å²) in [6, 6.07) is 12.5. The molecule has 0 aliphatic rings. The number of methoxy groups -OCH3 is 1. The minimum Gasteiger partial charge on any atom is -0.497 e. The fourth-order valence-electron chi connectivity index (χ4n) is 1.69. The van der Waals surface area contributed by atoms with Gasteiger partial charge in [-0.15, -0.1) is 11.3 Å². The first-order valence-electron chi connectivity index (χ1n) is 5.67. The van der Waals surface area contributed by atoms with Crippen LogP contribution in [-0.4, -0.2) is 7.11 Å². The molecule has 0 aliphatic heterocycles. The van der Waals surface area contributed by atoms with Crippen LogP contribution in [0.1, 0.15) is 15.3 Å². The minimum absolute atomic E-state index is 0.869. The average molecular weight is 247 g/mol. The molecule has 90 valence electrons. The molecule has 2 rings (SSSR count). The lowest BCUT2D eigenvalue weighted by molar-refractivity contribution is 0.414. The molecule has 0 bridgehead atoms. The van der Waals surface area contributed by atoms with Gasteiger partial charge in [0.25, 0.3) is 0 Å². The van der Waals surface area contributed by atoms with E-state index in [0.29, 0.717) is 0 Å². The maximum atomic E-state index is 5.20. The van der Waals surface area contributed by atoms with Crippen LogP contribution in [0, 0.1) is 6.92 Å². The van der Waals surface area contributed by atoms with Crippen LogP contribution in [0.5, 0.6) is 5.75 Å². The van der Waals surface area contributed by atoms with Gasteiger partial charge >= 0.3 is 0 Å². The number of benzene rings is 1. The summed E-state index contributed by atoms with van der Waals surface area (Å²) in [5, 5.41) is 3.44. The van der Waals surface area contributed by atoms with Crippen LogP contribution in [0.15, 0.2) is 36.4 Å². The van der Waals surface area contributed by atoms with Crippen molar-refractivity contribution < 1.29 is 4.74 Å². The monoisotopic (exact) mass is 247 g/mol. The van der Waals surface area contributed by atoms with E-state index in [4.69, 9.17) is 4.74 Å². The van der Waals surface area contributed by atoms with Crippen molar-refractivity contribution in [1.29, 1.82) is 0 Å². The number of rotatable bonds is 5. The summed E-state index contributed by atoms with van der Waals surface area (Å²) >= 11 is 1.84. The maximum absolute atomic E-state index is 5.20. The lowest BCUT2D eigenvalue weighted by Gasteiger charge is -2.05. The summed E-state index contributed by atoms with van der Waals surface area (Å²) in [7, 11) is 1.70. The Morgan fingerprint density at radius 2 is 2.06 bits per heavy atom. The van der Waals surface area contributed by atoms with E-state index in [2.05, 4.69) is 36.5 Å². The van der Waals surface area contributed by atoms with Gasteiger partial charge in [0.05, 0.1) is 7.11 Å². The van der Waals surface area contributed by atoms with Crippen LogP contribution in [0.4, 0.5) is 0 Å². The van der Waals surface area contributed by atoms with Crippen molar-refractivity contribution in [2.75, 3.05) is 7.11 Å². The lowest BCUT2D eigenvalue weighted by Crippen LogP contribution is -2.11. The van der Waals surface area contributed by atoms with E-state index in [1.807, 2.05) is 23.5 Å². The Morgan fingerprint density at radius 1 is 1.18 bits per heavy atom. The zero-order valence-corrected chi connectivity index (χ0v) is 11.0. The van der Waals surface area contributed by atoms with E-state index >= 15 is 0 Å². The summed E-state index contributed by atoms with van der Waals surface area (Å²) in [6.07, 6.45) is 0. The molecule has 1 aromatic heterocycles. The van der Waals surface area contributed by atoms with Crippen molar-refractivity contribution in [3.63, 3.8) is 0 Å². The van der Waals surface area contributed by atoms with Crippen LogP contribution in [0.2, 0.25) is 0 Å². The Hall–Kier alpha value is -1.32. The first kappa shape index (κ1) is 12.1. The first-order chi connectivity index (χ1) is 8.28. The lowest BCUT2D eigenvalue weighted by atomic mass is 10.2. The molecule has 1 aromatic carbocycles. The summed E-state index contributed by atoms with van der Waals surface area (Å²) in [5.41, 5.74) is 1.25. The maximum Gasteiger partial charge on any atom is 0.119 e. The third kappa shape index (κ3) is 3.58. The second-order valence-electron chi connectivity index (χ2n) is 3.97. The van der Waals surface area contributed by atoms with Gasteiger partial charge in [0.1, 0.15) is 5.75 Å². The summed E-state index contributed by atoms with van der Waals surface area (Å²) < 4.78 is 5.20. The van der Waals surface area contributed by atoms with Gasteiger partial charge in [-0.25, -0.2) is 0 Å². The van der Waals surface area contributed by atoms with Gasteiger partial charge in [0, 0.05) is 22.8 Å². The van der Waals surface area contributed by atoms with Gasteiger partial charge in [-0.2, -0.15) is 0 Å². The molecule has 3 heteroatoms. The molecule has 2 aromatic rings. The summed E-state index contributed by atoms with van der Waals surface area (Å²) in [6.45, 7) is 3.93. The highest BCUT2D eigenvalue weighted by Gasteiger charge is 1.98. The van der Waals surface area contributed by atoms with Crippen molar-refractivity contribution >= 4 is 11.3 Å². The predicted octanol–water partition coefficient (Wildman–Crippen LogP) is 3.35.